The van der Waals surface area contributed by atoms with Crippen LogP contribution in [0, 0.1) is 0 Å². The van der Waals surface area contributed by atoms with E-state index in [1.165, 1.54) is 6.08 Å². The van der Waals surface area contributed by atoms with E-state index >= 15 is 0 Å². The molecule has 0 aromatic heterocycles. The van der Waals surface area contributed by atoms with E-state index in [2.05, 4.69) is 10.8 Å². The lowest BCUT2D eigenvalue weighted by atomic mass is 10.7. The van der Waals surface area contributed by atoms with Crippen LogP contribution in [0.2, 0.25) is 0 Å². The maximum absolute atomic E-state index is 9.68. The molecular formula is C3H11NO5S. The summed E-state index contributed by atoms with van der Waals surface area (Å²) < 4.78 is 31.0. The topological polar surface area (TPSA) is 130 Å². The first-order valence-corrected chi connectivity index (χ1v) is 3.15. The van der Waals surface area contributed by atoms with E-state index in [1.807, 2.05) is 0 Å². The van der Waals surface area contributed by atoms with E-state index in [0.717, 1.165) is 0 Å². The summed E-state index contributed by atoms with van der Waals surface area (Å²) in [6.07, 6.45) is 1.22. The van der Waals surface area contributed by atoms with Crippen molar-refractivity contribution >= 4 is 10.4 Å². The third kappa shape index (κ3) is 15.6. The summed E-state index contributed by atoms with van der Waals surface area (Å²) in [6, 6.07) is 0. The fourth-order valence-electron chi connectivity index (χ4n) is 0.134. The molecule has 0 saturated heterocycles. The second kappa shape index (κ2) is 6.65. The summed E-state index contributed by atoms with van der Waals surface area (Å²) in [7, 11) is -4.26. The Morgan fingerprint density at radius 3 is 2.10 bits per heavy atom. The Bertz CT molecular complexity index is 162. The van der Waals surface area contributed by atoms with Crippen molar-refractivity contribution in [1.29, 1.82) is 0 Å². The molecule has 0 radical (unpaired) electrons. The molecule has 0 unspecified atom stereocenters. The SMILES string of the molecule is C=CCOS(=O)(=O)O.N.O. The smallest absolute Gasteiger partial charge is 0.397 e. The van der Waals surface area contributed by atoms with E-state index in [4.69, 9.17) is 4.55 Å². The highest BCUT2D eigenvalue weighted by Gasteiger charge is 1.99. The molecule has 6 nitrogen and oxygen atoms in total. The van der Waals surface area contributed by atoms with Crippen molar-refractivity contribution in [3.05, 3.63) is 12.7 Å². The van der Waals surface area contributed by atoms with Crippen LogP contribution in [0.15, 0.2) is 12.7 Å². The average Bonchev–Trinajstić information content (AvgIpc) is 1.59. The third-order valence-electron chi connectivity index (χ3n) is 0.335. The number of hydrogen-bond acceptors (Lipinski definition) is 4. The monoisotopic (exact) mass is 173 g/mol. The molecule has 0 aliphatic heterocycles. The van der Waals surface area contributed by atoms with Gasteiger partial charge in [-0.05, 0) is 0 Å². The summed E-state index contributed by atoms with van der Waals surface area (Å²) in [4.78, 5) is 0. The van der Waals surface area contributed by atoms with Gasteiger partial charge in [0.05, 0.1) is 6.61 Å². The van der Waals surface area contributed by atoms with Crippen molar-refractivity contribution in [2.75, 3.05) is 6.61 Å². The van der Waals surface area contributed by atoms with Crippen LogP contribution in [0.4, 0.5) is 0 Å². The Kier molecular flexibility index (Phi) is 10.8. The first kappa shape index (κ1) is 16.3. The second-order valence-electron chi connectivity index (χ2n) is 1.00. The highest BCUT2D eigenvalue weighted by atomic mass is 32.3. The van der Waals surface area contributed by atoms with Gasteiger partial charge in [0.2, 0.25) is 0 Å². The predicted molar refractivity (Wildman–Crippen MR) is 36.3 cm³/mol. The molecule has 0 amide bonds. The molecule has 0 aliphatic carbocycles. The summed E-state index contributed by atoms with van der Waals surface area (Å²) in [5.41, 5.74) is 0. The first-order valence-electron chi connectivity index (χ1n) is 1.79. The Morgan fingerprint density at radius 2 is 2.00 bits per heavy atom. The van der Waals surface area contributed by atoms with Gasteiger partial charge in [0.1, 0.15) is 0 Å². The minimum Gasteiger partial charge on any atom is -0.412 e. The minimum atomic E-state index is -4.26. The van der Waals surface area contributed by atoms with Crippen LogP contribution in [0.3, 0.4) is 0 Å². The fraction of sp³-hybridized carbons (Fsp3) is 0.333. The van der Waals surface area contributed by atoms with Gasteiger partial charge in [-0.1, -0.05) is 6.08 Å². The van der Waals surface area contributed by atoms with Crippen LogP contribution in [0.1, 0.15) is 0 Å². The third-order valence-corrected chi connectivity index (χ3v) is 0.769. The van der Waals surface area contributed by atoms with Crippen molar-refractivity contribution in [2.45, 2.75) is 0 Å². The van der Waals surface area contributed by atoms with Crippen LogP contribution in [-0.4, -0.2) is 25.1 Å². The number of hydrogen-bond donors (Lipinski definition) is 2. The summed E-state index contributed by atoms with van der Waals surface area (Å²) in [6.45, 7) is 2.97. The molecule has 0 rings (SSSR count). The lowest BCUT2D eigenvalue weighted by Crippen LogP contribution is -2.02. The van der Waals surface area contributed by atoms with Crippen LogP contribution >= 0.6 is 0 Å². The van der Waals surface area contributed by atoms with Crippen molar-refractivity contribution < 1.29 is 22.6 Å². The first-order chi connectivity index (χ1) is 3.56. The normalized spacial score (nSPS) is 8.90. The molecule has 0 fully saturated rings. The van der Waals surface area contributed by atoms with Gasteiger partial charge in [-0.25, -0.2) is 4.18 Å². The molecule has 0 atom stereocenters. The Hall–Kier alpha value is -0.470. The average molecular weight is 173 g/mol. The molecule has 0 aromatic carbocycles. The van der Waals surface area contributed by atoms with E-state index in [9.17, 15) is 8.42 Å². The van der Waals surface area contributed by atoms with Gasteiger partial charge in [-0.3, -0.25) is 4.55 Å². The highest BCUT2D eigenvalue weighted by molar-refractivity contribution is 7.80. The largest absolute Gasteiger partial charge is 0.412 e. The molecule has 6 N–H and O–H groups in total. The van der Waals surface area contributed by atoms with E-state index in [-0.39, 0.29) is 18.2 Å². The zero-order chi connectivity index (χ0) is 6.62. The molecule has 0 aromatic rings. The quantitative estimate of drug-likeness (QED) is 0.431. The Labute approximate surface area is 59.3 Å². The zero-order valence-corrected chi connectivity index (χ0v) is 6.10. The van der Waals surface area contributed by atoms with Crippen LogP contribution in [0.25, 0.3) is 0 Å². The van der Waals surface area contributed by atoms with Gasteiger partial charge < -0.3 is 11.6 Å². The Morgan fingerprint density at radius 1 is 1.60 bits per heavy atom. The molecule has 0 spiro atoms. The predicted octanol–water partition coefficient (Wildman–Crippen LogP) is -0.671. The number of rotatable bonds is 3. The van der Waals surface area contributed by atoms with Crippen molar-refractivity contribution in [3.8, 4) is 0 Å². The van der Waals surface area contributed by atoms with E-state index in [1.54, 1.807) is 0 Å². The minimum absolute atomic E-state index is 0. The molecule has 0 aliphatic rings. The highest BCUT2D eigenvalue weighted by Crippen LogP contribution is 1.83. The van der Waals surface area contributed by atoms with Gasteiger partial charge >= 0.3 is 10.4 Å². The van der Waals surface area contributed by atoms with E-state index < -0.39 is 10.4 Å². The maximum atomic E-state index is 9.68. The summed E-state index contributed by atoms with van der Waals surface area (Å²) in [5.74, 6) is 0. The fourth-order valence-corrected chi connectivity index (χ4v) is 0.402. The lowest BCUT2D eigenvalue weighted by Gasteiger charge is -1.90. The molecule has 10 heavy (non-hydrogen) atoms. The zero-order valence-electron chi connectivity index (χ0n) is 5.28. The molecule has 7 heteroatoms. The van der Waals surface area contributed by atoms with Gasteiger partial charge in [-0.2, -0.15) is 8.42 Å². The molecule has 0 bridgehead atoms. The molecule has 0 saturated carbocycles. The van der Waals surface area contributed by atoms with Gasteiger partial charge in [0, 0.05) is 0 Å². The van der Waals surface area contributed by atoms with Crippen LogP contribution in [0.5, 0.6) is 0 Å². The molecule has 64 valence electrons. The van der Waals surface area contributed by atoms with E-state index in [0.29, 0.717) is 0 Å². The van der Waals surface area contributed by atoms with Crippen molar-refractivity contribution in [1.82, 2.24) is 6.15 Å². The van der Waals surface area contributed by atoms with Crippen LogP contribution in [-0.2, 0) is 14.6 Å². The Balaban J connectivity index is -0.000000245. The van der Waals surface area contributed by atoms with Crippen molar-refractivity contribution in [3.63, 3.8) is 0 Å². The summed E-state index contributed by atoms with van der Waals surface area (Å²) >= 11 is 0. The molecular weight excluding hydrogens is 162 g/mol. The van der Waals surface area contributed by atoms with Crippen molar-refractivity contribution in [2.24, 2.45) is 0 Å². The van der Waals surface area contributed by atoms with Gasteiger partial charge in [-0.15, -0.1) is 6.58 Å². The lowest BCUT2D eigenvalue weighted by molar-refractivity contribution is 0.296. The van der Waals surface area contributed by atoms with Crippen LogP contribution < -0.4 is 6.15 Å². The second-order valence-corrected chi connectivity index (χ2v) is 2.09. The maximum Gasteiger partial charge on any atom is 0.397 e. The van der Waals surface area contributed by atoms with Gasteiger partial charge in [0.15, 0.2) is 0 Å². The van der Waals surface area contributed by atoms with Gasteiger partial charge in [0.25, 0.3) is 0 Å². The molecule has 0 heterocycles. The summed E-state index contributed by atoms with van der Waals surface area (Å²) in [5, 5.41) is 0. The standard InChI is InChI=1S/C3H6O4S.H3N.H2O/c1-2-3-7-8(4,5)6;;/h2H,1,3H2,(H,4,5,6);1H3;1H2.